The van der Waals surface area contributed by atoms with Crippen molar-refractivity contribution >= 4 is 11.4 Å². The molecule has 2 rings (SSSR count). The molecule has 1 aliphatic carbocycles. The first kappa shape index (κ1) is 7.40. The van der Waals surface area contributed by atoms with E-state index >= 15 is 0 Å². The molecule has 3 heteroatoms. The van der Waals surface area contributed by atoms with E-state index in [-0.39, 0.29) is 0 Å². The SMILES string of the molecule is CNc1cnccc1NC1CC1. The van der Waals surface area contributed by atoms with E-state index in [1.807, 2.05) is 25.5 Å². The second-order valence-corrected chi connectivity index (χ2v) is 3.09. The molecule has 0 aliphatic heterocycles. The lowest BCUT2D eigenvalue weighted by Gasteiger charge is -2.09. The summed E-state index contributed by atoms with van der Waals surface area (Å²) in [6.07, 6.45) is 6.24. The molecule has 2 N–H and O–H groups in total. The van der Waals surface area contributed by atoms with Crippen LogP contribution in [0.5, 0.6) is 0 Å². The highest BCUT2D eigenvalue weighted by Crippen LogP contribution is 2.28. The molecule has 0 unspecified atom stereocenters. The number of hydrogen-bond donors (Lipinski definition) is 2. The number of pyridine rings is 1. The highest BCUT2D eigenvalue weighted by atomic mass is 15.0. The highest BCUT2D eigenvalue weighted by Gasteiger charge is 2.21. The first-order valence-electron chi connectivity index (χ1n) is 4.28. The smallest absolute Gasteiger partial charge is 0.0759 e. The van der Waals surface area contributed by atoms with E-state index in [1.54, 1.807) is 0 Å². The minimum atomic E-state index is 0.694. The van der Waals surface area contributed by atoms with Gasteiger partial charge < -0.3 is 10.6 Å². The van der Waals surface area contributed by atoms with Gasteiger partial charge in [-0.1, -0.05) is 0 Å². The molecule has 0 bridgehead atoms. The minimum absolute atomic E-state index is 0.694. The maximum absolute atomic E-state index is 4.04. The predicted molar refractivity (Wildman–Crippen MR) is 50.4 cm³/mol. The Labute approximate surface area is 72.2 Å². The third-order valence-corrected chi connectivity index (χ3v) is 2.03. The highest BCUT2D eigenvalue weighted by molar-refractivity contribution is 5.67. The molecule has 0 saturated heterocycles. The van der Waals surface area contributed by atoms with Crippen LogP contribution in [0.3, 0.4) is 0 Å². The summed E-state index contributed by atoms with van der Waals surface area (Å²) in [7, 11) is 1.91. The van der Waals surface area contributed by atoms with Gasteiger partial charge in [-0.25, -0.2) is 0 Å². The van der Waals surface area contributed by atoms with Gasteiger partial charge in [-0.05, 0) is 18.9 Å². The van der Waals surface area contributed by atoms with Crippen molar-refractivity contribution in [3.05, 3.63) is 18.5 Å². The van der Waals surface area contributed by atoms with Crippen LogP contribution in [0.4, 0.5) is 11.4 Å². The zero-order chi connectivity index (χ0) is 8.39. The normalized spacial score (nSPS) is 15.8. The second kappa shape index (κ2) is 3.01. The number of nitrogens with zero attached hydrogens (tertiary/aromatic N) is 1. The van der Waals surface area contributed by atoms with Crippen LogP contribution in [0, 0.1) is 0 Å². The van der Waals surface area contributed by atoms with Gasteiger partial charge >= 0.3 is 0 Å². The zero-order valence-corrected chi connectivity index (χ0v) is 7.17. The summed E-state index contributed by atoms with van der Waals surface area (Å²) >= 11 is 0. The minimum Gasteiger partial charge on any atom is -0.385 e. The average molecular weight is 163 g/mol. The molecule has 0 spiro atoms. The van der Waals surface area contributed by atoms with Crippen molar-refractivity contribution < 1.29 is 0 Å². The monoisotopic (exact) mass is 163 g/mol. The van der Waals surface area contributed by atoms with E-state index in [0.29, 0.717) is 6.04 Å². The fourth-order valence-corrected chi connectivity index (χ4v) is 1.17. The van der Waals surface area contributed by atoms with Crippen molar-refractivity contribution in [1.82, 2.24) is 4.98 Å². The Morgan fingerprint density at radius 2 is 2.25 bits per heavy atom. The van der Waals surface area contributed by atoms with E-state index in [1.165, 1.54) is 12.8 Å². The van der Waals surface area contributed by atoms with Gasteiger partial charge in [0, 0.05) is 19.3 Å². The molecule has 12 heavy (non-hydrogen) atoms. The average Bonchev–Trinajstić information content (AvgIpc) is 2.89. The van der Waals surface area contributed by atoms with Gasteiger partial charge in [0.15, 0.2) is 0 Å². The molecule has 0 radical (unpaired) electrons. The van der Waals surface area contributed by atoms with Crippen LogP contribution >= 0.6 is 0 Å². The van der Waals surface area contributed by atoms with Crippen LogP contribution in [0.1, 0.15) is 12.8 Å². The number of aromatic nitrogens is 1. The van der Waals surface area contributed by atoms with Crippen LogP contribution in [0.25, 0.3) is 0 Å². The molecular formula is C9H13N3. The van der Waals surface area contributed by atoms with E-state index in [0.717, 1.165) is 11.4 Å². The first-order valence-corrected chi connectivity index (χ1v) is 4.28. The van der Waals surface area contributed by atoms with Crippen LogP contribution in [0.15, 0.2) is 18.5 Å². The van der Waals surface area contributed by atoms with E-state index in [4.69, 9.17) is 0 Å². The van der Waals surface area contributed by atoms with E-state index in [9.17, 15) is 0 Å². The van der Waals surface area contributed by atoms with Crippen molar-refractivity contribution in [2.75, 3.05) is 17.7 Å². The molecule has 0 aromatic carbocycles. The fourth-order valence-electron chi connectivity index (χ4n) is 1.17. The van der Waals surface area contributed by atoms with Gasteiger partial charge in [0.1, 0.15) is 0 Å². The van der Waals surface area contributed by atoms with Crippen LogP contribution in [0.2, 0.25) is 0 Å². The number of anilines is 2. The van der Waals surface area contributed by atoms with Gasteiger partial charge in [-0.15, -0.1) is 0 Å². The summed E-state index contributed by atoms with van der Waals surface area (Å²) in [5, 5.41) is 6.54. The summed E-state index contributed by atoms with van der Waals surface area (Å²) in [4.78, 5) is 4.04. The lowest BCUT2D eigenvalue weighted by molar-refractivity contribution is 1.15. The van der Waals surface area contributed by atoms with Crippen molar-refractivity contribution in [2.45, 2.75) is 18.9 Å². The van der Waals surface area contributed by atoms with Crippen LogP contribution in [-0.2, 0) is 0 Å². The Hall–Kier alpha value is -1.25. The maximum Gasteiger partial charge on any atom is 0.0759 e. The molecule has 1 aromatic rings. The maximum atomic E-state index is 4.04. The van der Waals surface area contributed by atoms with Crippen molar-refractivity contribution in [3.63, 3.8) is 0 Å². The first-order chi connectivity index (χ1) is 5.90. The summed E-state index contributed by atoms with van der Waals surface area (Å²) in [5.74, 6) is 0. The summed E-state index contributed by atoms with van der Waals surface area (Å²) in [6.45, 7) is 0. The molecule has 0 amide bonds. The summed E-state index contributed by atoms with van der Waals surface area (Å²) < 4.78 is 0. The Bertz CT molecular complexity index is 268. The van der Waals surface area contributed by atoms with Gasteiger partial charge in [-0.2, -0.15) is 0 Å². The van der Waals surface area contributed by atoms with Gasteiger partial charge in [0.05, 0.1) is 17.6 Å². The molecular weight excluding hydrogens is 150 g/mol. The molecule has 1 aliphatic rings. The molecule has 64 valence electrons. The number of nitrogens with one attached hydrogen (secondary N) is 2. The quantitative estimate of drug-likeness (QED) is 0.712. The standard InChI is InChI=1S/C9H13N3/c1-10-9-6-11-5-4-8(9)12-7-2-3-7/h4-7,10H,2-3H2,1H3,(H,11,12). The topological polar surface area (TPSA) is 37.0 Å². The van der Waals surface area contributed by atoms with Gasteiger partial charge in [0.25, 0.3) is 0 Å². The second-order valence-electron chi connectivity index (χ2n) is 3.09. The lowest BCUT2D eigenvalue weighted by Crippen LogP contribution is -2.04. The zero-order valence-electron chi connectivity index (χ0n) is 7.17. The van der Waals surface area contributed by atoms with E-state index < -0.39 is 0 Å². The Morgan fingerprint density at radius 3 is 2.92 bits per heavy atom. The molecule has 1 fully saturated rings. The lowest BCUT2D eigenvalue weighted by atomic mass is 10.3. The molecule has 0 atom stereocenters. The number of hydrogen-bond acceptors (Lipinski definition) is 3. The van der Waals surface area contributed by atoms with Crippen LogP contribution in [-0.4, -0.2) is 18.1 Å². The van der Waals surface area contributed by atoms with Crippen molar-refractivity contribution in [3.8, 4) is 0 Å². The van der Waals surface area contributed by atoms with Gasteiger partial charge in [0.2, 0.25) is 0 Å². The van der Waals surface area contributed by atoms with Crippen LogP contribution < -0.4 is 10.6 Å². The third-order valence-electron chi connectivity index (χ3n) is 2.03. The van der Waals surface area contributed by atoms with Crippen molar-refractivity contribution in [1.29, 1.82) is 0 Å². The Kier molecular flexibility index (Phi) is 1.86. The van der Waals surface area contributed by atoms with E-state index in [2.05, 4.69) is 15.6 Å². The Balaban J connectivity index is 2.15. The predicted octanol–water partition coefficient (Wildman–Crippen LogP) is 1.70. The molecule has 1 heterocycles. The Morgan fingerprint density at radius 1 is 1.42 bits per heavy atom. The summed E-state index contributed by atoms with van der Waals surface area (Å²) in [5.41, 5.74) is 2.24. The largest absolute Gasteiger partial charge is 0.385 e. The van der Waals surface area contributed by atoms with Gasteiger partial charge in [-0.3, -0.25) is 4.98 Å². The molecule has 1 aromatic heterocycles. The number of rotatable bonds is 3. The van der Waals surface area contributed by atoms with Crippen molar-refractivity contribution in [2.24, 2.45) is 0 Å². The molecule has 1 saturated carbocycles. The fraction of sp³-hybridized carbons (Fsp3) is 0.444. The molecule has 3 nitrogen and oxygen atoms in total. The summed E-state index contributed by atoms with van der Waals surface area (Å²) in [6, 6.07) is 2.70. The third kappa shape index (κ3) is 1.49.